The Morgan fingerprint density at radius 2 is 1.82 bits per heavy atom. The van der Waals surface area contributed by atoms with Gasteiger partial charge in [0.15, 0.2) is 11.5 Å². The van der Waals surface area contributed by atoms with Crippen molar-refractivity contribution in [3.05, 3.63) is 94.6 Å². The summed E-state index contributed by atoms with van der Waals surface area (Å²) in [6.07, 6.45) is 8.65. The zero-order valence-electron chi connectivity index (χ0n) is 32.5. The number of anilines is 3. The van der Waals surface area contributed by atoms with Crippen molar-refractivity contribution in [3.8, 4) is 11.5 Å². The molecule has 2 N–H and O–H groups in total. The van der Waals surface area contributed by atoms with Gasteiger partial charge in [-0.3, -0.25) is 29.1 Å². The van der Waals surface area contributed by atoms with Crippen molar-refractivity contribution in [1.82, 2.24) is 4.57 Å². The molecule has 0 spiro atoms. The molecule has 0 saturated carbocycles. The van der Waals surface area contributed by atoms with Crippen LogP contribution in [0.15, 0.2) is 77.9 Å². The van der Waals surface area contributed by atoms with Gasteiger partial charge in [-0.2, -0.15) is 0 Å². The van der Waals surface area contributed by atoms with E-state index in [1.807, 2.05) is 54.7 Å². The molecule has 3 amide bonds. The van der Waals surface area contributed by atoms with Crippen molar-refractivity contribution in [2.24, 2.45) is 12.0 Å². The fraction of sp³-hybridized carbons (Fsp3) is 0.326. The molecular formula is C43H45N5O6S3. The smallest absolute Gasteiger partial charge is 0.272 e. The van der Waals surface area contributed by atoms with Crippen molar-refractivity contribution >= 4 is 95.5 Å². The lowest BCUT2D eigenvalue weighted by atomic mass is 10.0. The molecule has 0 unspecified atom stereocenters. The largest absolute Gasteiger partial charge is 0.493 e. The second kappa shape index (κ2) is 17.2. The molecule has 57 heavy (non-hydrogen) atoms. The topological polar surface area (TPSA) is 131 Å². The second-order valence-corrected chi connectivity index (χ2v) is 19.0. The Kier molecular flexibility index (Phi) is 12.1. The van der Waals surface area contributed by atoms with Gasteiger partial charge in [-0.15, -0.1) is 11.3 Å². The van der Waals surface area contributed by atoms with Gasteiger partial charge in [0, 0.05) is 76.9 Å². The normalized spacial score (nSPS) is 14.5. The average Bonchev–Trinajstić information content (AvgIpc) is 3.85. The van der Waals surface area contributed by atoms with Crippen LogP contribution in [-0.4, -0.2) is 65.0 Å². The number of methoxy groups -OCH3 is 1. The van der Waals surface area contributed by atoms with Gasteiger partial charge in [0.25, 0.3) is 11.8 Å². The third-order valence-corrected chi connectivity index (χ3v) is 13.8. The number of carbonyl (C=O) groups is 4. The fourth-order valence-corrected chi connectivity index (χ4v) is 10.4. The molecule has 2 aliphatic heterocycles. The maximum atomic E-state index is 13.7. The summed E-state index contributed by atoms with van der Waals surface area (Å²) in [5.74, 6) is 0.400. The Hall–Kier alpha value is -5.05. The Morgan fingerprint density at radius 1 is 1.00 bits per heavy atom. The number of rotatable bonds is 16. The van der Waals surface area contributed by atoms with Crippen LogP contribution in [0.25, 0.3) is 10.1 Å². The fourth-order valence-electron chi connectivity index (χ4n) is 7.13. The van der Waals surface area contributed by atoms with E-state index in [1.54, 1.807) is 73.8 Å². The van der Waals surface area contributed by atoms with E-state index < -0.39 is 0 Å². The number of aryl methyl sites for hydroxylation is 1. The number of nitrogens with one attached hydrogen (secondary N) is 2. The molecule has 14 heteroatoms. The third-order valence-electron chi connectivity index (χ3n) is 9.97. The van der Waals surface area contributed by atoms with Crippen LogP contribution >= 0.6 is 32.9 Å². The van der Waals surface area contributed by atoms with E-state index in [4.69, 9.17) is 9.47 Å². The molecule has 1 atom stereocenters. The van der Waals surface area contributed by atoms with E-state index in [2.05, 4.69) is 35.7 Å². The summed E-state index contributed by atoms with van der Waals surface area (Å²) >= 11 is 1.60. The number of hydrogen-bond acceptors (Lipinski definition) is 10. The lowest BCUT2D eigenvalue weighted by molar-refractivity contribution is -0.118. The molecule has 296 valence electrons. The summed E-state index contributed by atoms with van der Waals surface area (Å²) in [5, 5.41) is 6.82. The minimum absolute atomic E-state index is 0.0529. The highest BCUT2D eigenvalue weighted by Crippen LogP contribution is 2.41. The van der Waals surface area contributed by atoms with Gasteiger partial charge in [-0.1, -0.05) is 39.8 Å². The SMILES string of the molecule is COc1cc2c(cc1OCCCC(=O)Nc1cc(C(=O)Nc3ccc4sc(CC(=O)CCC(C)(C)SSC)cc4c3)n(C)c1)N=C[C@@H]1Cc3ccccc3N1C2=O. The van der Waals surface area contributed by atoms with Crippen molar-refractivity contribution in [2.45, 2.75) is 63.2 Å². The first kappa shape index (κ1) is 40.2. The van der Waals surface area contributed by atoms with Crippen LogP contribution in [0.5, 0.6) is 11.5 Å². The van der Waals surface area contributed by atoms with E-state index >= 15 is 0 Å². The first-order chi connectivity index (χ1) is 27.4. The number of hydrogen-bond donors (Lipinski definition) is 2. The van der Waals surface area contributed by atoms with E-state index in [0.29, 0.717) is 65.5 Å². The zero-order chi connectivity index (χ0) is 40.3. The highest BCUT2D eigenvalue weighted by molar-refractivity contribution is 8.76. The van der Waals surface area contributed by atoms with Crippen molar-refractivity contribution in [2.75, 3.05) is 35.5 Å². The lowest BCUT2D eigenvalue weighted by Gasteiger charge is -2.22. The molecular weight excluding hydrogens is 779 g/mol. The maximum absolute atomic E-state index is 13.7. The Morgan fingerprint density at radius 3 is 2.63 bits per heavy atom. The standard InChI is InChI=1S/C43H45N5O6S3/c1-43(2,57-55-5)15-14-31(49)21-32-19-27-17-28(12-13-39(27)56-32)46-41(51)36-20-29(25-47(36)3)45-40(50)11-8-16-54-38-23-34-33(22-37(38)53-4)42(52)48-30(24-44-34)18-26-9-6-7-10-35(26)48/h6-7,9-10,12-13,17,19-20,22-25,30H,8,11,14-16,18,21H2,1-5H3,(H,45,50)(H,46,51)/t30-/m0/s1. The maximum Gasteiger partial charge on any atom is 0.272 e. The van der Waals surface area contributed by atoms with Crippen LogP contribution in [0.2, 0.25) is 0 Å². The zero-order valence-corrected chi connectivity index (χ0v) is 35.0. The number of aromatic nitrogens is 1. The van der Waals surface area contributed by atoms with Crippen LogP contribution < -0.4 is 25.0 Å². The van der Waals surface area contributed by atoms with Crippen molar-refractivity contribution in [1.29, 1.82) is 0 Å². The Labute approximate surface area is 344 Å². The number of amides is 3. The minimum Gasteiger partial charge on any atom is -0.493 e. The van der Waals surface area contributed by atoms with Gasteiger partial charge in [-0.25, -0.2) is 0 Å². The molecule has 3 aromatic carbocycles. The third kappa shape index (κ3) is 9.24. The van der Waals surface area contributed by atoms with E-state index in [9.17, 15) is 19.2 Å². The van der Waals surface area contributed by atoms with Gasteiger partial charge in [-0.05, 0) is 86.4 Å². The van der Waals surface area contributed by atoms with Crippen LogP contribution in [0, 0.1) is 0 Å². The Bertz CT molecular complexity index is 2380. The summed E-state index contributed by atoms with van der Waals surface area (Å²) in [4.78, 5) is 60.1. The summed E-state index contributed by atoms with van der Waals surface area (Å²) in [5.41, 5.74) is 4.47. The predicted molar refractivity (Wildman–Crippen MR) is 234 cm³/mol. The van der Waals surface area contributed by atoms with Crippen LogP contribution in [0.1, 0.15) is 70.8 Å². The number of nitrogens with zero attached hydrogens (tertiary/aromatic N) is 3. The molecule has 2 aliphatic rings. The number of aliphatic imine (C=N–C) groups is 1. The monoisotopic (exact) mass is 823 g/mol. The highest BCUT2D eigenvalue weighted by Gasteiger charge is 2.36. The molecule has 0 bridgehead atoms. The molecule has 0 fully saturated rings. The summed E-state index contributed by atoms with van der Waals surface area (Å²) in [7, 11) is 6.79. The number of carbonyl (C=O) groups excluding carboxylic acids is 4. The van der Waals surface area contributed by atoms with Gasteiger partial charge in [0.2, 0.25) is 5.91 Å². The molecule has 0 saturated heterocycles. The van der Waals surface area contributed by atoms with Gasteiger partial charge < -0.3 is 24.7 Å². The number of ether oxygens (including phenoxy) is 2. The molecule has 5 aromatic rings. The predicted octanol–water partition coefficient (Wildman–Crippen LogP) is 9.27. The number of Topliss-reactive ketones (excluding diaryl/α,β-unsaturated/α-hetero) is 1. The van der Waals surface area contributed by atoms with E-state index in [0.717, 1.165) is 32.6 Å². The van der Waals surface area contributed by atoms with E-state index in [-0.39, 0.29) is 47.3 Å². The molecule has 11 nitrogen and oxygen atoms in total. The molecule has 0 aliphatic carbocycles. The molecule has 4 heterocycles. The lowest BCUT2D eigenvalue weighted by Crippen LogP contribution is -2.37. The van der Waals surface area contributed by atoms with Crippen molar-refractivity contribution in [3.63, 3.8) is 0 Å². The van der Waals surface area contributed by atoms with Gasteiger partial charge in [0.05, 0.1) is 36.7 Å². The second-order valence-electron chi connectivity index (χ2n) is 14.7. The summed E-state index contributed by atoms with van der Waals surface area (Å²) < 4.78 is 14.4. The van der Waals surface area contributed by atoms with Crippen molar-refractivity contribution < 1.29 is 28.7 Å². The summed E-state index contributed by atoms with van der Waals surface area (Å²) in [6.45, 7) is 4.57. The number of fused-ring (bicyclic) bond motifs is 5. The number of benzene rings is 3. The number of thiophene rings is 1. The first-order valence-electron chi connectivity index (χ1n) is 18.8. The van der Waals surface area contributed by atoms with Crippen LogP contribution in [0.3, 0.4) is 0 Å². The van der Waals surface area contributed by atoms with Crippen LogP contribution in [-0.2, 0) is 29.5 Å². The first-order valence-corrected chi connectivity index (χ1v) is 22.1. The molecule has 0 radical (unpaired) electrons. The molecule has 7 rings (SSSR count). The van der Waals surface area contributed by atoms with Crippen LogP contribution in [0.4, 0.5) is 22.7 Å². The van der Waals surface area contributed by atoms with Gasteiger partial charge in [0.1, 0.15) is 11.5 Å². The van der Waals surface area contributed by atoms with E-state index in [1.165, 1.54) is 7.11 Å². The minimum atomic E-state index is -0.312. The quantitative estimate of drug-likeness (QED) is 0.0744. The number of ketones is 1. The van der Waals surface area contributed by atoms with Gasteiger partial charge >= 0.3 is 0 Å². The highest BCUT2D eigenvalue weighted by atomic mass is 33.1. The molecule has 2 aromatic heterocycles. The number of para-hydroxylation sites is 1. The Balaban J connectivity index is 0.899. The summed E-state index contributed by atoms with van der Waals surface area (Å²) in [6, 6.07) is 20.5. The average molecular weight is 824 g/mol.